The molecular formula is C21H17ClO3Se. The molecule has 0 fully saturated rings. The predicted octanol–water partition coefficient (Wildman–Crippen LogP) is 3.83. The van der Waals surface area contributed by atoms with Gasteiger partial charge in [0.1, 0.15) is 0 Å². The molecule has 0 N–H and O–H groups in total. The van der Waals surface area contributed by atoms with Gasteiger partial charge in [0.15, 0.2) is 0 Å². The molecule has 2 aromatic rings. The molecule has 1 heterocycles. The first-order valence-electron chi connectivity index (χ1n) is 8.39. The number of carbonyl (C=O) groups excluding carboxylic acids is 2. The third-order valence-electron chi connectivity index (χ3n) is 4.79. The Kier molecular flexibility index (Phi) is 4.30. The number of fused-ring (bicyclic) bond motifs is 2. The van der Waals surface area contributed by atoms with Crippen LogP contribution in [0.25, 0.3) is 5.76 Å². The van der Waals surface area contributed by atoms with Crippen molar-refractivity contribution >= 4 is 48.3 Å². The van der Waals surface area contributed by atoms with Gasteiger partial charge in [-0.15, -0.1) is 0 Å². The molecule has 3 nitrogen and oxygen atoms in total. The fraction of sp³-hybridized carbons (Fsp3) is 0.238. The quantitative estimate of drug-likeness (QED) is 0.536. The molecule has 0 saturated heterocycles. The molecule has 0 saturated carbocycles. The first-order chi connectivity index (χ1) is 12.4. The third kappa shape index (κ3) is 2.92. The monoisotopic (exact) mass is 432 g/mol. The maximum atomic E-state index is 12.7. The van der Waals surface area contributed by atoms with Crippen molar-refractivity contribution in [3.05, 3.63) is 70.3 Å². The molecule has 5 heteroatoms. The van der Waals surface area contributed by atoms with Crippen LogP contribution in [0.4, 0.5) is 0 Å². The summed E-state index contributed by atoms with van der Waals surface area (Å²) in [6.45, 7) is 4.12. The van der Waals surface area contributed by atoms with Gasteiger partial charge in [0, 0.05) is 0 Å². The number of Topliss-reactive ketones (excluding diaryl/α,β-unsaturated/α-hetero) is 2. The van der Waals surface area contributed by atoms with Crippen molar-refractivity contribution in [3.63, 3.8) is 0 Å². The van der Waals surface area contributed by atoms with Crippen LogP contribution >= 0.6 is 11.6 Å². The average molecular weight is 432 g/mol. The number of ether oxygens (including phenoxy) is 1. The van der Waals surface area contributed by atoms with E-state index in [9.17, 15) is 9.59 Å². The minimum absolute atomic E-state index is 0.0902. The normalized spacial score (nSPS) is 21.1. The fourth-order valence-corrected chi connectivity index (χ4v) is 5.98. The maximum absolute atomic E-state index is 12.7. The Balaban J connectivity index is 1.73. The summed E-state index contributed by atoms with van der Waals surface area (Å²) in [4.78, 5) is 25.3. The van der Waals surface area contributed by atoms with E-state index in [2.05, 4.69) is 13.8 Å². The summed E-state index contributed by atoms with van der Waals surface area (Å²) in [5.41, 5.74) is 1.27. The van der Waals surface area contributed by atoms with Crippen molar-refractivity contribution in [2.75, 3.05) is 0 Å². The Morgan fingerprint density at radius 3 is 2.35 bits per heavy atom. The molecule has 0 spiro atoms. The summed E-state index contributed by atoms with van der Waals surface area (Å²) in [6.07, 6.45) is 0.559. The SMILES string of the molecule is CC1(C)OC2=C(CC1[Se]c1ccc(Cl)cc1)C(=O)C(=O)c1ccccc12. The van der Waals surface area contributed by atoms with Gasteiger partial charge in [-0.1, -0.05) is 0 Å². The van der Waals surface area contributed by atoms with E-state index < -0.39 is 17.2 Å². The van der Waals surface area contributed by atoms with Gasteiger partial charge < -0.3 is 0 Å². The van der Waals surface area contributed by atoms with E-state index in [1.54, 1.807) is 12.1 Å². The van der Waals surface area contributed by atoms with Crippen molar-refractivity contribution in [3.8, 4) is 0 Å². The molecule has 1 aliphatic heterocycles. The molecule has 2 aliphatic rings. The van der Waals surface area contributed by atoms with Crippen LogP contribution in [-0.2, 0) is 9.53 Å². The molecule has 4 rings (SSSR count). The van der Waals surface area contributed by atoms with Gasteiger partial charge in [-0.05, 0) is 0 Å². The molecular weight excluding hydrogens is 415 g/mol. The van der Waals surface area contributed by atoms with Gasteiger partial charge in [-0.2, -0.15) is 0 Å². The number of benzene rings is 2. The van der Waals surface area contributed by atoms with E-state index in [0.29, 0.717) is 28.3 Å². The van der Waals surface area contributed by atoms with Crippen LogP contribution < -0.4 is 4.46 Å². The number of hydrogen-bond acceptors (Lipinski definition) is 3. The summed E-state index contributed by atoms with van der Waals surface area (Å²) in [6, 6.07) is 15.0. The molecule has 0 radical (unpaired) electrons. The minimum atomic E-state index is -0.430. The fourth-order valence-electron chi connectivity index (χ4n) is 3.33. The van der Waals surface area contributed by atoms with E-state index in [0.717, 1.165) is 5.56 Å². The second-order valence-corrected chi connectivity index (χ2v) is 10.1. The number of halogens is 1. The van der Waals surface area contributed by atoms with Crippen LogP contribution in [0.2, 0.25) is 9.84 Å². The third-order valence-corrected chi connectivity index (χ3v) is 8.32. The number of hydrogen-bond donors (Lipinski definition) is 0. The molecule has 26 heavy (non-hydrogen) atoms. The summed E-state index contributed by atoms with van der Waals surface area (Å²) >= 11 is 6.07. The Morgan fingerprint density at radius 2 is 1.65 bits per heavy atom. The van der Waals surface area contributed by atoms with Crippen molar-refractivity contribution in [2.24, 2.45) is 0 Å². The first kappa shape index (κ1) is 17.5. The summed E-state index contributed by atoms with van der Waals surface area (Å²) in [5.74, 6) is -0.273. The molecule has 1 aliphatic carbocycles. The molecule has 132 valence electrons. The van der Waals surface area contributed by atoms with Gasteiger partial charge >= 0.3 is 164 Å². The number of allylic oxidation sites excluding steroid dienone is 1. The summed E-state index contributed by atoms with van der Waals surface area (Å²) in [7, 11) is 0. The number of carbonyl (C=O) groups is 2. The first-order valence-corrected chi connectivity index (χ1v) is 10.6. The molecule has 0 amide bonds. The Morgan fingerprint density at radius 1 is 1.00 bits per heavy atom. The molecule has 1 unspecified atom stereocenters. The van der Waals surface area contributed by atoms with E-state index in [1.165, 1.54) is 4.46 Å². The zero-order chi connectivity index (χ0) is 18.5. The average Bonchev–Trinajstić information content (AvgIpc) is 2.62. The van der Waals surface area contributed by atoms with Crippen LogP contribution in [0, 0.1) is 0 Å². The summed E-state index contributed by atoms with van der Waals surface area (Å²) < 4.78 is 7.52. The molecule has 0 bridgehead atoms. The zero-order valence-corrected chi connectivity index (χ0v) is 16.9. The second kappa shape index (κ2) is 6.38. The number of rotatable bonds is 2. The van der Waals surface area contributed by atoms with Crippen LogP contribution in [0.3, 0.4) is 0 Å². The Labute approximate surface area is 163 Å². The van der Waals surface area contributed by atoms with E-state index in [4.69, 9.17) is 16.3 Å². The molecule has 1 atom stereocenters. The second-order valence-electron chi connectivity index (χ2n) is 6.98. The Bertz CT molecular complexity index is 944. The Hall–Kier alpha value is -1.87. The van der Waals surface area contributed by atoms with E-state index in [-0.39, 0.29) is 19.8 Å². The standard InChI is InChI=1S/C21H17ClO3Se/c1-21(2)17(26-13-9-7-12(22)8-10-13)11-16-19(24)18(23)14-5-3-4-6-15(14)20(16)25-21/h3-10,17H,11H2,1-2H3. The topological polar surface area (TPSA) is 43.4 Å². The van der Waals surface area contributed by atoms with Gasteiger partial charge in [-0.25, -0.2) is 0 Å². The van der Waals surface area contributed by atoms with Gasteiger partial charge in [0.2, 0.25) is 0 Å². The van der Waals surface area contributed by atoms with E-state index in [1.807, 2.05) is 36.4 Å². The summed E-state index contributed by atoms with van der Waals surface area (Å²) in [5, 5.41) is 0.707. The van der Waals surface area contributed by atoms with Gasteiger partial charge in [0.25, 0.3) is 0 Å². The van der Waals surface area contributed by atoms with Gasteiger partial charge in [0.05, 0.1) is 0 Å². The van der Waals surface area contributed by atoms with Crippen LogP contribution in [0.15, 0.2) is 54.1 Å². The van der Waals surface area contributed by atoms with Crippen LogP contribution in [-0.4, -0.2) is 32.1 Å². The zero-order valence-electron chi connectivity index (χ0n) is 14.4. The van der Waals surface area contributed by atoms with Crippen LogP contribution in [0.1, 0.15) is 36.2 Å². The van der Waals surface area contributed by atoms with Gasteiger partial charge in [-0.3, -0.25) is 0 Å². The molecule has 0 aromatic heterocycles. The van der Waals surface area contributed by atoms with Crippen molar-refractivity contribution < 1.29 is 14.3 Å². The number of ketones is 2. The van der Waals surface area contributed by atoms with Crippen molar-refractivity contribution in [2.45, 2.75) is 30.7 Å². The molecule has 2 aromatic carbocycles. The van der Waals surface area contributed by atoms with E-state index >= 15 is 0 Å². The van der Waals surface area contributed by atoms with Crippen LogP contribution in [0.5, 0.6) is 0 Å². The van der Waals surface area contributed by atoms with Crippen molar-refractivity contribution in [1.29, 1.82) is 0 Å². The predicted molar refractivity (Wildman–Crippen MR) is 103 cm³/mol. The van der Waals surface area contributed by atoms with Crippen molar-refractivity contribution in [1.82, 2.24) is 0 Å².